The fourth-order valence-corrected chi connectivity index (χ4v) is 2.49. The summed E-state index contributed by atoms with van der Waals surface area (Å²) in [5.74, 6) is 0.213. The number of hydrogen-bond acceptors (Lipinski definition) is 2. The second kappa shape index (κ2) is 7.39. The molecular weight excluding hydrogens is 260 g/mol. The minimum Gasteiger partial charge on any atom is -0.435 e. The molecule has 1 aliphatic rings. The normalized spacial score (nSPS) is 16.3. The third kappa shape index (κ3) is 4.60. The average molecular weight is 281 g/mol. The molecule has 2 nitrogen and oxygen atoms in total. The van der Waals surface area contributed by atoms with Gasteiger partial charge in [0.15, 0.2) is 0 Å². The van der Waals surface area contributed by atoms with Gasteiger partial charge in [0.2, 0.25) is 0 Å². The van der Waals surface area contributed by atoms with Gasteiger partial charge in [-0.3, -0.25) is 0 Å². The van der Waals surface area contributed by atoms with Gasteiger partial charge in [-0.2, -0.15) is 8.78 Å². The lowest BCUT2D eigenvalue weighted by Crippen LogP contribution is -2.20. The molecule has 1 atom stereocenters. The van der Waals surface area contributed by atoms with Gasteiger partial charge in [-0.1, -0.05) is 23.8 Å². The molecule has 0 amide bonds. The van der Waals surface area contributed by atoms with E-state index in [0.717, 1.165) is 18.5 Å². The first-order chi connectivity index (χ1) is 9.65. The molecule has 0 saturated carbocycles. The quantitative estimate of drug-likeness (QED) is 0.746. The molecule has 1 aromatic carbocycles. The topological polar surface area (TPSA) is 21.3 Å². The predicted octanol–water partition coefficient (Wildman–Crippen LogP) is 4.44. The van der Waals surface area contributed by atoms with Crippen LogP contribution in [-0.4, -0.2) is 13.2 Å². The summed E-state index contributed by atoms with van der Waals surface area (Å²) in [7, 11) is 0. The molecule has 0 fully saturated rings. The fourth-order valence-electron chi connectivity index (χ4n) is 2.49. The standard InChI is InChI=1S/C16H21F2NO/c1-12(19-10-9-13-5-2-3-6-13)14-7-4-8-15(11-14)20-16(17)18/h4-5,7-8,11-12,16,19H,2-3,6,9-10H2,1H3. The Hall–Kier alpha value is -1.42. The van der Waals surface area contributed by atoms with Crippen molar-refractivity contribution in [2.75, 3.05) is 6.54 Å². The first-order valence-electron chi connectivity index (χ1n) is 7.11. The largest absolute Gasteiger partial charge is 0.435 e. The second-order valence-corrected chi connectivity index (χ2v) is 5.13. The lowest BCUT2D eigenvalue weighted by Gasteiger charge is -2.15. The summed E-state index contributed by atoms with van der Waals surface area (Å²) in [5, 5.41) is 3.42. The molecule has 0 saturated heterocycles. The van der Waals surface area contributed by atoms with Crippen molar-refractivity contribution in [3.63, 3.8) is 0 Å². The monoisotopic (exact) mass is 281 g/mol. The second-order valence-electron chi connectivity index (χ2n) is 5.13. The van der Waals surface area contributed by atoms with E-state index in [4.69, 9.17) is 0 Å². The lowest BCUT2D eigenvalue weighted by molar-refractivity contribution is -0.0499. The van der Waals surface area contributed by atoms with Gasteiger partial charge >= 0.3 is 6.61 Å². The van der Waals surface area contributed by atoms with Crippen molar-refractivity contribution in [2.24, 2.45) is 0 Å². The van der Waals surface area contributed by atoms with Gasteiger partial charge in [-0.15, -0.1) is 0 Å². The predicted molar refractivity (Wildman–Crippen MR) is 76.0 cm³/mol. The Labute approximate surface area is 118 Å². The van der Waals surface area contributed by atoms with Crippen LogP contribution in [0.5, 0.6) is 5.75 Å². The van der Waals surface area contributed by atoms with Crippen LogP contribution in [0.15, 0.2) is 35.9 Å². The van der Waals surface area contributed by atoms with E-state index in [2.05, 4.69) is 16.1 Å². The van der Waals surface area contributed by atoms with Gasteiger partial charge in [0, 0.05) is 6.04 Å². The van der Waals surface area contributed by atoms with Crippen LogP contribution in [-0.2, 0) is 0 Å². The summed E-state index contributed by atoms with van der Waals surface area (Å²) in [6.07, 6.45) is 7.09. The number of halogens is 2. The molecule has 20 heavy (non-hydrogen) atoms. The van der Waals surface area contributed by atoms with Gasteiger partial charge in [-0.25, -0.2) is 0 Å². The maximum Gasteiger partial charge on any atom is 0.387 e. The molecule has 0 heterocycles. The van der Waals surface area contributed by atoms with Crippen LogP contribution in [0, 0.1) is 0 Å². The molecular formula is C16H21F2NO. The molecule has 1 aromatic rings. The van der Waals surface area contributed by atoms with E-state index in [9.17, 15) is 8.78 Å². The molecule has 0 spiro atoms. The minimum atomic E-state index is -2.78. The van der Waals surface area contributed by atoms with Crippen molar-refractivity contribution in [1.29, 1.82) is 0 Å². The first kappa shape index (κ1) is 15.0. The van der Waals surface area contributed by atoms with Crippen molar-refractivity contribution in [3.05, 3.63) is 41.5 Å². The molecule has 110 valence electrons. The fraction of sp³-hybridized carbons (Fsp3) is 0.500. The van der Waals surface area contributed by atoms with Crippen molar-refractivity contribution in [3.8, 4) is 5.75 Å². The smallest absolute Gasteiger partial charge is 0.387 e. The number of benzene rings is 1. The van der Waals surface area contributed by atoms with E-state index in [1.165, 1.54) is 24.8 Å². The first-order valence-corrected chi connectivity index (χ1v) is 7.11. The zero-order valence-electron chi connectivity index (χ0n) is 11.7. The summed E-state index contributed by atoms with van der Waals surface area (Å²) in [4.78, 5) is 0. The van der Waals surface area contributed by atoms with Gasteiger partial charge in [-0.05, 0) is 56.8 Å². The van der Waals surface area contributed by atoms with Crippen molar-refractivity contribution in [2.45, 2.75) is 45.3 Å². The highest BCUT2D eigenvalue weighted by Gasteiger charge is 2.09. The van der Waals surface area contributed by atoms with E-state index >= 15 is 0 Å². The van der Waals surface area contributed by atoms with E-state index in [0.29, 0.717) is 0 Å². The lowest BCUT2D eigenvalue weighted by atomic mass is 10.1. The molecule has 0 radical (unpaired) electrons. The molecule has 0 aromatic heterocycles. The Kier molecular flexibility index (Phi) is 5.53. The van der Waals surface area contributed by atoms with E-state index in [-0.39, 0.29) is 11.8 Å². The van der Waals surface area contributed by atoms with Crippen LogP contribution >= 0.6 is 0 Å². The van der Waals surface area contributed by atoms with Gasteiger partial charge < -0.3 is 10.1 Å². The summed E-state index contributed by atoms with van der Waals surface area (Å²) >= 11 is 0. The molecule has 0 bridgehead atoms. The van der Waals surface area contributed by atoms with Crippen molar-refractivity contribution in [1.82, 2.24) is 5.32 Å². The Bertz CT molecular complexity index is 460. The maximum atomic E-state index is 12.2. The van der Waals surface area contributed by atoms with Crippen LogP contribution in [0.2, 0.25) is 0 Å². The van der Waals surface area contributed by atoms with Gasteiger partial charge in [0.25, 0.3) is 0 Å². The molecule has 4 heteroatoms. The highest BCUT2D eigenvalue weighted by Crippen LogP contribution is 2.22. The van der Waals surface area contributed by atoms with E-state index in [1.54, 1.807) is 18.2 Å². The highest BCUT2D eigenvalue weighted by atomic mass is 19.3. The van der Waals surface area contributed by atoms with Crippen LogP contribution in [0.1, 0.15) is 44.2 Å². The summed E-state index contributed by atoms with van der Waals surface area (Å²) < 4.78 is 28.8. The van der Waals surface area contributed by atoms with E-state index in [1.807, 2.05) is 13.0 Å². The summed E-state index contributed by atoms with van der Waals surface area (Å²) in [6.45, 7) is 0.167. The minimum absolute atomic E-state index is 0.123. The zero-order valence-corrected chi connectivity index (χ0v) is 11.7. The van der Waals surface area contributed by atoms with Crippen molar-refractivity contribution >= 4 is 0 Å². The molecule has 1 aliphatic carbocycles. The van der Waals surface area contributed by atoms with Gasteiger partial charge in [0.05, 0.1) is 0 Å². The third-order valence-corrected chi connectivity index (χ3v) is 3.61. The van der Waals surface area contributed by atoms with E-state index < -0.39 is 6.61 Å². The average Bonchev–Trinajstić information content (AvgIpc) is 2.91. The summed E-state index contributed by atoms with van der Waals surface area (Å²) in [6, 6.07) is 7.00. The van der Waals surface area contributed by atoms with Crippen LogP contribution < -0.4 is 10.1 Å². The number of nitrogens with one attached hydrogen (secondary N) is 1. The SMILES string of the molecule is CC(NCCC1=CCCC1)c1cccc(OC(F)F)c1. The van der Waals surface area contributed by atoms with Crippen LogP contribution in [0.3, 0.4) is 0 Å². The number of hydrogen-bond donors (Lipinski definition) is 1. The molecule has 0 aliphatic heterocycles. The number of allylic oxidation sites excluding steroid dienone is 1. The van der Waals surface area contributed by atoms with Crippen LogP contribution in [0.4, 0.5) is 8.78 Å². The number of alkyl halides is 2. The van der Waals surface area contributed by atoms with Gasteiger partial charge in [0.1, 0.15) is 5.75 Å². The molecule has 2 rings (SSSR count). The van der Waals surface area contributed by atoms with Crippen molar-refractivity contribution < 1.29 is 13.5 Å². The third-order valence-electron chi connectivity index (χ3n) is 3.61. The Balaban J connectivity index is 1.83. The maximum absolute atomic E-state index is 12.2. The zero-order chi connectivity index (χ0) is 14.4. The highest BCUT2D eigenvalue weighted by molar-refractivity contribution is 5.30. The number of rotatable bonds is 7. The summed E-state index contributed by atoms with van der Waals surface area (Å²) in [5.41, 5.74) is 2.49. The Morgan fingerprint density at radius 3 is 2.90 bits per heavy atom. The Morgan fingerprint density at radius 1 is 1.35 bits per heavy atom. The molecule has 1 N–H and O–H groups in total. The number of ether oxygens (including phenoxy) is 1. The van der Waals surface area contributed by atoms with Crippen LogP contribution in [0.25, 0.3) is 0 Å². The molecule has 1 unspecified atom stereocenters. The Morgan fingerprint density at radius 2 is 2.20 bits per heavy atom.